The van der Waals surface area contributed by atoms with Gasteiger partial charge in [0.05, 0.1) is 6.10 Å². The van der Waals surface area contributed by atoms with E-state index in [-0.39, 0.29) is 5.82 Å². The van der Waals surface area contributed by atoms with E-state index in [1.54, 1.807) is 12.1 Å². The summed E-state index contributed by atoms with van der Waals surface area (Å²) in [5.41, 5.74) is 3.52. The van der Waals surface area contributed by atoms with E-state index in [0.717, 1.165) is 18.4 Å². The standard InChI is InChI=1S/C17H18FNO/c18-15-7-5-12(6-8-15)17(20)11-19-16-9-13-3-1-2-4-14(13)10-16/h1-8,16-17,19-20H,9-11H2. The van der Waals surface area contributed by atoms with Gasteiger partial charge in [-0.15, -0.1) is 0 Å². The summed E-state index contributed by atoms with van der Waals surface area (Å²) < 4.78 is 12.8. The van der Waals surface area contributed by atoms with Crippen LogP contribution in [0.1, 0.15) is 22.8 Å². The molecule has 1 aliphatic carbocycles. The molecule has 20 heavy (non-hydrogen) atoms. The minimum Gasteiger partial charge on any atom is -0.387 e. The molecule has 0 aliphatic heterocycles. The Morgan fingerprint density at radius 2 is 1.65 bits per heavy atom. The maximum Gasteiger partial charge on any atom is 0.123 e. The van der Waals surface area contributed by atoms with Gasteiger partial charge in [-0.1, -0.05) is 36.4 Å². The number of aliphatic hydroxyl groups is 1. The van der Waals surface area contributed by atoms with Crippen LogP contribution in [-0.4, -0.2) is 17.7 Å². The van der Waals surface area contributed by atoms with E-state index in [0.29, 0.717) is 12.6 Å². The number of aliphatic hydroxyl groups excluding tert-OH is 1. The van der Waals surface area contributed by atoms with Gasteiger partial charge in [0.25, 0.3) is 0 Å². The van der Waals surface area contributed by atoms with Crippen molar-refractivity contribution in [2.75, 3.05) is 6.54 Å². The topological polar surface area (TPSA) is 32.3 Å². The summed E-state index contributed by atoms with van der Waals surface area (Å²) in [6.45, 7) is 0.490. The molecule has 2 N–H and O–H groups in total. The van der Waals surface area contributed by atoms with Gasteiger partial charge in [0.1, 0.15) is 5.82 Å². The van der Waals surface area contributed by atoms with Crippen molar-refractivity contribution in [3.05, 3.63) is 71.0 Å². The van der Waals surface area contributed by atoms with Gasteiger partial charge in [0.15, 0.2) is 0 Å². The second-order valence-electron chi connectivity index (χ2n) is 5.35. The lowest BCUT2D eigenvalue weighted by Gasteiger charge is -2.16. The summed E-state index contributed by atoms with van der Waals surface area (Å²) in [5.74, 6) is -0.278. The third kappa shape index (κ3) is 2.89. The first-order valence-electron chi connectivity index (χ1n) is 6.96. The summed E-state index contributed by atoms with van der Waals surface area (Å²) in [5, 5.41) is 13.5. The van der Waals surface area contributed by atoms with E-state index in [1.165, 1.54) is 23.3 Å². The van der Waals surface area contributed by atoms with Crippen LogP contribution in [0.25, 0.3) is 0 Å². The fraction of sp³-hybridized carbons (Fsp3) is 0.294. The van der Waals surface area contributed by atoms with E-state index >= 15 is 0 Å². The molecule has 0 saturated heterocycles. The molecule has 3 rings (SSSR count). The predicted octanol–water partition coefficient (Wildman–Crippen LogP) is 2.62. The fourth-order valence-corrected chi connectivity index (χ4v) is 2.78. The van der Waals surface area contributed by atoms with Gasteiger partial charge in [-0.3, -0.25) is 0 Å². The number of hydrogen-bond acceptors (Lipinski definition) is 2. The largest absolute Gasteiger partial charge is 0.387 e. The van der Waals surface area contributed by atoms with E-state index in [1.807, 2.05) is 0 Å². The molecule has 0 radical (unpaired) electrons. The van der Waals surface area contributed by atoms with Gasteiger partial charge >= 0.3 is 0 Å². The molecule has 0 fully saturated rings. The Kier molecular flexibility index (Phi) is 3.81. The summed E-state index contributed by atoms with van der Waals surface area (Å²) in [4.78, 5) is 0. The van der Waals surface area contributed by atoms with Crippen LogP contribution < -0.4 is 5.32 Å². The molecule has 2 aromatic carbocycles. The van der Waals surface area contributed by atoms with Crippen molar-refractivity contribution in [1.29, 1.82) is 0 Å². The zero-order valence-electron chi connectivity index (χ0n) is 11.2. The first-order valence-corrected chi connectivity index (χ1v) is 6.96. The van der Waals surface area contributed by atoms with Crippen LogP contribution in [0, 0.1) is 5.82 Å². The molecule has 1 atom stereocenters. The van der Waals surface area contributed by atoms with Crippen LogP contribution in [-0.2, 0) is 12.8 Å². The number of rotatable bonds is 4. The van der Waals surface area contributed by atoms with Crippen molar-refractivity contribution in [2.45, 2.75) is 25.0 Å². The number of nitrogens with one attached hydrogen (secondary N) is 1. The summed E-state index contributed by atoms with van der Waals surface area (Å²) in [6.07, 6.45) is 1.41. The number of hydrogen-bond donors (Lipinski definition) is 2. The maximum absolute atomic E-state index is 12.8. The van der Waals surface area contributed by atoms with Gasteiger partial charge in [0.2, 0.25) is 0 Å². The van der Waals surface area contributed by atoms with Gasteiger partial charge in [-0.2, -0.15) is 0 Å². The van der Waals surface area contributed by atoms with Crippen molar-refractivity contribution in [1.82, 2.24) is 5.32 Å². The van der Waals surface area contributed by atoms with Crippen LogP contribution in [0.4, 0.5) is 4.39 Å². The fourth-order valence-electron chi connectivity index (χ4n) is 2.78. The Hall–Kier alpha value is -1.71. The minimum absolute atomic E-state index is 0.278. The third-order valence-electron chi connectivity index (χ3n) is 3.91. The Morgan fingerprint density at radius 1 is 1.05 bits per heavy atom. The van der Waals surface area contributed by atoms with Crippen LogP contribution in [0.5, 0.6) is 0 Å². The third-order valence-corrected chi connectivity index (χ3v) is 3.91. The van der Waals surface area contributed by atoms with Crippen molar-refractivity contribution < 1.29 is 9.50 Å². The number of benzene rings is 2. The molecule has 0 saturated carbocycles. The molecule has 0 aromatic heterocycles. The molecule has 3 heteroatoms. The first kappa shape index (κ1) is 13.3. The molecule has 0 bridgehead atoms. The number of halogens is 1. The second kappa shape index (κ2) is 5.73. The Balaban J connectivity index is 1.55. The highest BCUT2D eigenvalue weighted by atomic mass is 19.1. The average Bonchev–Trinajstić information content (AvgIpc) is 2.88. The molecule has 0 spiro atoms. The Labute approximate surface area is 118 Å². The summed E-state index contributed by atoms with van der Waals surface area (Å²) in [6, 6.07) is 14.8. The smallest absolute Gasteiger partial charge is 0.123 e. The quantitative estimate of drug-likeness (QED) is 0.896. The molecular formula is C17H18FNO. The van der Waals surface area contributed by atoms with Crippen molar-refractivity contribution in [2.24, 2.45) is 0 Å². The summed E-state index contributed by atoms with van der Waals surface area (Å²) in [7, 11) is 0. The van der Waals surface area contributed by atoms with E-state index in [9.17, 15) is 9.50 Å². The molecule has 104 valence electrons. The Morgan fingerprint density at radius 3 is 2.25 bits per heavy atom. The number of fused-ring (bicyclic) bond motifs is 1. The van der Waals surface area contributed by atoms with E-state index in [4.69, 9.17) is 0 Å². The lowest BCUT2D eigenvalue weighted by molar-refractivity contribution is 0.170. The van der Waals surface area contributed by atoms with E-state index < -0.39 is 6.10 Å². The molecular weight excluding hydrogens is 253 g/mol. The lowest BCUT2D eigenvalue weighted by Crippen LogP contribution is -2.33. The van der Waals surface area contributed by atoms with Crippen LogP contribution >= 0.6 is 0 Å². The highest BCUT2D eigenvalue weighted by molar-refractivity contribution is 5.33. The van der Waals surface area contributed by atoms with Gasteiger partial charge < -0.3 is 10.4 Å². The minimum atomic E-state index is -0.598. The highest BCUT2D eigenvalue weighted by Gasteiger charge is 2.21. The molecule has 1 unspecified atom stereocenters. The second-order valence-corrected chi connectivity index (χ2v) is 5.35. The lowest BCUT2D eigenvalue weighted by atomic mass is 10.1. The van der Waals surface area contributed by atoms with Gasteiger partial charge in [0, 0.05) is 12.6 Å². The molecule has 2 aromatic rings. The van der Waals surface area contributed by atoms with Crippen LogP contribution in [0.3, 0.4) is 0 Å². The molecule has 2 nitrogen and oxygen atoms in total. The average molecular weight is 271 g/mol. The van der Waals surface area contributed by atoms with Gasteiger partial charge in [-0.25, -0.2) is 4.39 Å². The van der Waals surface area contributed by atoms with Crippen molar-refractivity contribution in [3.8, 4) is 0 Å². The van der Waals surface area contributed by atoms with Crippen molar-refractivity contribution >= 4 is 0 Å². The SMILES string of the molecule is OC(CNC1Cc2ccccc2C1)c1ccc(F)cc1. The Bertz CT molecular complexity index is 557. The van der Waals surface area contributed by atoms with E-state index in [2.05, 4.69) is 29.6 Å². The van der Waals surface area contributed by atoms with Gasteiger partial charge in [-0.05, 0) is 41.7 Å². The zero-order valence-corrected chi connectivity index (χ0v) is 11.2. The molecule has 1 aliphatic rings. The highest BCUT2D eigenvalue weighted by Crippen LogP contribution is 2.22. The zero-order chi connectivity index (χ0) is 13.9. The summed E-state index contributed by atoms with van der Waals surface area (Å²) >= 11 is 0. The maximum atomic E-state index is 12.8. The van der Waals surface area contributed by atoms with Crippen LogP contribution in [0.2, 0.25) is 0 Å². The van der Waals surface area contributed by atoms with Crippen molar-refractivity contribution in [3.63, 3.8) is 0 Å². The molecule has 0 heterocycles. The monoisotopic (exact) mass is 271 g/mol. The van der Waals surface area contributed by atoms with Crippen LogP contribution in [0.15, 0.2) is 48.5 Å². The normalized spacial score (nSPS) is 16.1. The first-order chi connectivity index (χ1) is 9.72. The predicted molar refractivity (Wildman–Crippen MR) is 77.0 cm³/mol. The molecule has 0 amide bonds.